The predicted octanol–water partition coefficient (Wildman–Crippen LogP) is 4.71. The molecule has 0 aliphatic rings. The number of aromatic carboxylic acids is 1. The number of aliphatic hydroxyl groups excluding tert-OH is 1. The molecule has 1 aromatic heterocycles. The highest BCUT2D eigenvalue weighted by Crippen LogP contribution is 2.40. The summed E-state index contributed by atoms with van der Waals surface area (Å²) in [4.78, 5) is 14.6. The van der Waals surface area contributed by atoms with E-state index in [1.165, 1.54) is 38.5 Å². The van der Waals surface area contributed by atoms with Crippen LogP contribution in [0.4, 0.5) is 18.9 Å². The normalized spacial score (nSPS) is 12.1. The van der Waals surface area contributed by atoms with E-state index in [9.17, 15) is 23.1 Å². The van der Waals surface area contributed by atoms with Crippen LogP contribution in [0.5, 0.6) is 23.0 Å². The second-order valence-corrected chi connectivity index (χ2v) is 6.65. The number of rotatable bonds is 8. The van der Waals surface area contributed by atoms with Crippen molar-refractivity contribution in [3.05, 3.63) is 71.5 Å². The maximum atomic E-state index is 13.3. The summed E-state index contributed by atoms with van der Waals surface area (Å²) >= 11 is 0. The molecule has 0 aliphatic heterocycles. The molecule has 0 amide bonds. The Kier molecular flexibility index (Phi) is 6.92. The van der Waals surface area contributed by atoms with Gasteiger partial charge in [-0.3, -0.25) is 0 Å². The summed E-state index contributed by atoms with van der Waals surface area (Å²) < 4.78 is 56.0. The van der Waals surface area contributed by atoms with Crippen molar-refractivity contribution in [2.45, 2.75) is 12.4 Å². The summed E-state index contributed by atoms with van der Waals surface area (Å²) in [5.74, 6) is -0.397. The van der Waals surface area contributed by atoms with Crippen molar-refractivity contribution in [3.63, 3.8) is 0 Å². The number of carboxylic acids is 1. The lowest BCUT2D eigenvalue weighted by atomic mass is 10.1. The Balaban J connectivity index is 1.97. The summed E-state index contributed by atoms with van der Waals surface area (Å²) in [6.45, 7) is 0. The molecule has 3 aromatic rings. The van der Waals surface area contributed by atoms with Crippen LogP contribution in [0.25, 0.3) is 0 Å². The number of alkyl halides is 3. The van der Waals surface area contributed by atoms with Crippen molar-refractivity contribution >= 4 is 11.7 Å². The molecule has 2 aromatic carbocycles. The van der Waals surface area contributed by atoms with Gasteiger partial charge in [0.1, 0.15) is 17.2 Å². The van der Waals surface area contributed by atoms with Gasteiger partial charge in [-0.05, 0) is 42.5 Å². The van der Waals surface area contributed by atoms with Gasteiger partial charge in [-0.15, -0.1) is 0 Å². The summed E-state index contributed by atoms with van der Waals surface area (Å²) in [6, 6.07) is 9.78. The number of ether oxygens (including phenoxy) is 3. The highest BCUT2D eigenvalue weighted by Gasteiger charge is 2.32. The van der Waals surface area contributed by atoms with E-state index in [1.807, 2.05) is 0 Å². The standard InChI is InChI=1S/C22H19F3N2O6/c1-31-14-5-8-18(19(10-14)32-2)33-17-7-3-12(22(23,24)25)9-15(17)20(28)27-13-4-6-16(21(29)30)26-11-13/h3-11,20,27-28H,1-2H3,(H,29,30). The first-order valence-electron chi connectivity index (χ1n) is 9.37. The van der Waals surface area contributed by atoms with Crippen molar-refractivity contribution in [1.29, 1.82) is 0 Å². The minimum atomic E-state index is -4.66. The van der Waals surface area contributed by atoms with Crippen molar-refractivity contribution < 1.29 is 42.4 Å². The van der Waals surface area contributed by atoms with Gasteiger partial charge in [0, 0.05) is 11.6 Å². The number of hydrogen-bond donors (Lipinski definition) is 3. The third-order valence-electron chi connectivity index (χ3n) is 4.51. The number of aliphatic hydroxyl groups is 1. The first-order chi connectivity index (χ1) is 15.6. The molecular weight excluding hydrogens is 445 g/mol. The lowest BCUT2D eigenvalue weighted by molar-refractivity contribution is -0.137. The van der Waals surface area contributed by atoms with Gasteiger partial charge >= 0.3 is 12.1 Å². The van der Waals surface area contributed by atoms with Crippen LogP contribution in [0.15, 0.2) is 54.7 Å². The fourth-order valence-corrected chi connectivity index (χ4v) is 2.85. The highest BCUT2D eigenvalue weighted by atomic mass is 19.4. The fraction of sp³-hybridized carbons (Fsp3) is 0.182. The first-order valence-corrected chi connectivity index (χ1v) is 9.37. The maximum Gasteiger partial charge on any atom is 0.416 e. The summed E-state index contributed by atoms with van der Waals surface area (Å²) in [5.41, 5.74) is -1.26. The third kappa shape index (κ3) is 5.63. The van der Waals surface area contributed by atoms with Gasteiger partial charge in [-0.1, -0.05) is 0 Å². The van der Waals surface area contributed by atoms with Crippen LogP contribution in [-0.2, 0) is 6.18 Å². The SMILES string of the molecule is COc1ccc(Oc2ccc(C(F)(F)F)cc2C(O)Nc2ccc(C(=O)O)nc2)c(OC)c1. The van der Waals surface area contributed by atoms with Crippen molar-refractivity contribution in [3.8, 4) is 23.0 Å². The molecule has 1 heterocycles. The van der Waals surface area contributed by atoms with Gasteiger partial charge < -0.3 is 29.7 Å². The van der Waals surface area contributed by atoms with E-state index < -0.39 is 23.9 Å². The van der Waals surface area contributed by atoms with E-state index in [-0.39, 0.29) is 34.2 Å². The van der Waals surface area contributed by atoms with Gasteiger partial charge in [0.25, 0.3) is 0 Å². The fourth-order valence-electron chi connectivity index (χ4n) is 2.85. The number of methoxy groups -OCH3 is 2. The number of hydrogen-bond acceptors (Lipinski definition) is 7. The van der Waals surface area contributed by atoms with Crippen LogP contribution >= 0.6 is 0 Å². The Morgan fingerprint density at radius 1 is 1.00 bits per heavy atom. The predicted molar refractivity (Wildman–Crippen MR) is 111 cm³/mol. The van der Waals surface area contributed by atoms with Gasteiger partial charge in [-0.2, -0.15) is 13.2 Å². The van der Waals surface area contributed by atoms with Gasteiger partial charge in [-0.25, -0.2) is 9.78 Å². The van der Waals surface area contributed by atoms with Crippen molar-refractivity contribution in [2.24, 2.45) is 0 Å². The molecule has 11 heteroatoms. The number of nitrogens with zero attached hydrogens (tertiary/aromatic N) is 1. The second-order valence-electron chi connectivity index (χ2n) is 6.65. The summed E-state index contributed by atoms with van der Waals surface area (Å²) in [6.07, 6.45) is -5.17. The number of pyridine rings is 1. The quantitative estimate of drug-likeness (QED) is 0.411. The molecule has 33 heavy (non-hydrogen) atoms. The Morgan fingerprint density at radius 2 is 1.73 bits per heavy atom. The van der Waals surface area contributed by atoms with E-state index in [0.29, 0.717) is 5.75 Å². The maximum absolute atomic E-state index is 13.3. The molecule has 0 spiro atoms. The third-order valence-corrected chi connectivity index (χ3v) is 4.51. The zero-order chi connectivity index (χ0) is 24.2. The number of benzene rings is 2. The van der Waals surface area contributed by atoms with E-state index in [2.05, 4.69) is 10.3 Å². The monoisotopic (exact) mass is 464 g/mol. The van der Waals surface area contributed by atoms with Crippen LogP contribution in [0.2, 0.25) is 0 Å². The average Bonchev–Trinajstić information content (AvgIpc) is 2.79. The minimum absolute atomic E-state index is 0.0680. The number of anilines is 1. The molecule has 0 fully saturated rings. The lowest BCUT2D eigenvalue weighted by Crippen LogP contribution is -2.14. The molecule has 0 saturated heterocycles. The molecule has 0 radical (unpaired) electrons. The van der Waals surface area contributed by atoms with E-state index in [1.54, 1.807) is 6.07 Å². The molecule has 174 valence electrons. The first kappa shape index (κ1) is 23.7. The Bertz CT molecular complexity index is 1140. The summed E-state index contributed by atoms with van der Waals surface area (Å²) in [7, 11) is 2.85. The smallest absolute Gasteiger partial charge is 0.416 e. The number of carbonyl (C=O) groups is 1. The molecule has 3 N–H and O–H groups in total. The van der Waals surface area contributed by atoms with Crippen molar-refractivity contribution in [2.75, 3.05) is 19.5 Å². The molecule has 1 unspecified atom stereocenters. The number of carboxylic acid groups (broad SMARTS) is 1. The highest BCUT2D eigenvalue weighted by molar-refractivity contribution is 5.85. The molecule has 0 aliphatic carbocycles. The molecule has 3 rings (SSSR count). The summed E-state index contributed by atoms with van der Waals surface area (Å²) in [5, 5.41) is 22.2. The lowest BCUT2D eigenvalue weighted by Gasteiger charge is -2.20. The molecule has 1 atom stereocenters. The van der Waals surface area contributed by atoms with Crippen LogP contribution in [0.3, 0.4) is 0 Å². The Labute approximate surface area is 186 Å². The zero-order valence-electron chi connectivity index (χ0n) is 17.4. The molecular formula is C22H19F3N2O6. The topological polar surface area (TPSA) is 110 Å². The van der Waals surface area contributed by atoms with Crippen molar-refractivity contribution in [1.82, 2.24) is 4.98 Å². The Morgan fingerprint density at radius 3 is 2.30 bits per heavy atom. The zero-order valence-corrected chi connectivity index (χ0v) is 17.4. The van der Waals surface area contributed by atoms with Gasteiger partial charge in [0.15, 0.2) is 17.7 Å². The number of aromatic nitrogens is 1. The second kappa shape index (κ2) is 9.65. The molecule has 0 bridgehead atoms. The van der Waals surface area contributed by atoms with E-state index >= 15 is 0 Å². The number of halogens is 3. The molecule has 8 nitrogen and oxygen atoms in total. The van der Waals surface area contributed by atoms with Gasteiger partial charge in [0.2, 0.25) is 0 Å². The van der Waals surface area contributed by atoms with Crippen LogP contribution < -0.4 is 19.5 Å². The largest absolute Gasteiger partial charge is 0.497 e. The van der Waals surface area contributed by atoms with E-state index in [0.717, 1.165) is 24.4 Å². The van der Waals surface area contributed by atoms with Crippen LogP contribution in [0.1, 0.15) is 27.8 Å². The minimum Gasteiger partial charge on any atom is -0.497 e. The number of nitrogens with one attached hydrogen (secondary N) is 1. The Hall–Kier alpha value is -3.99. The van der Waals surface area contributed by atoms with E-state index in [4.69, 9.17) is 19.3 Å². The average molecular weight is 464 g/mol. The molecule has 0 saturated carbocycles. The van der Waals surface area contributed by atoms with Crippen LogP contribution in [0, 0.1) is 0 Å². The van der Waals surface area contributed by atoms with Gasteiger partial charge in [0.05, 0.1) is 31.7 Å². The van der Waals surface area contributed by atoms with Crippen LogP contribution in [-0.4, -0.2) is 35.4 Å².